The molecule has 0 bridgehead atoms. The van der Waals surface area contributed by atoms with E-state index < -0.39 is 15.4 Å². The van der Waals surface area contributed by atoms with Gasteiger partial charge < -0.3 is 5.11 Å². The maximum absolute atomic E-state index is 12.5. The zero-order valence-corrected chi connectivity index (χ0v) is 12.4. The smallest absolute Gasteiger partial charge is 0.181 e. The predicted octanol–water partition coefficient (Wildman–Crippen LogP) is 2.79. The molecule has 0 saturated heterocycles. The second kappa shape index (κ2) is 5.25. The molecular weight excluding hydrogens is 260 g/mol. The zero-order chi connectivity index (χ0) is 14.1. The lowest BCUT2D eigenvalue weighted by molar-refractivity contribution is 0.00804. The molecule has 1 N–H and O–H groups in total. The minimum absolute atomic E-state index is 0.144. The number of rotatable bonds is 3. The monoisotopic (exact) mass is 282 g/mol. The van der Waals surface area contributed by atoms with E-state index in [0.717, 1.165) is 12.8 Å². The number of hydrogen-bond acceptors (Lipinski definition) is 3. The predicted molar refractivity (Wildman–Crippen MR) is 75.7 cm³/mol. The molecule has 2 rings (SSSR count). The van der Waals surface area contributed by atoms with Crippen LogP contribution in [0.4, 0.5) is 0 Å². The molecule has 1 atom stereocenters. The maximum Gasteiger partial charge on any atom is 0.181 e. The summed E-state index contributed by atoms with van der Waals surface area (Å²) in [5.41, 5.74) is -0.618. The van der Waals surface area contributed by atoms with Gasteiger partial charge in [0.25, 0.3) is 0 Å². The minimum atomic E-state index is -3.26. The minimum Gasteiger partial charge on any atom is -0.390 e. The lowest BCUT2D eigenvalue weighted by Crippen LogP contribution is -2.36. The summed E-state index contributed by atoms with van der Waals surface area (Å²) in [5, 5.41) is 9.56. The molecule has 0 spiro atoms. The Morgan fingerprint density at radius 3 is 2.26 bits per heavy atom. The van der Waals surface area contributed by atoms with Crippen molar-refractivity contribution in [1.82, 2.24) is 0 Å². The van der Waals surface area contributed by atoms with E-state index in [1.165, 1.54) is 0 Å². The first-order valence-corrected chi connectivity index (χ1v) is 8.39. The van der Waals surface area contributed by atoms with Crippen LogP contribution in [0.2, 0.25) is 0 Å². The fourth-order valence-electron chi connectivity index (χ4n) is 2.81. The summed E-state index contributed by atoms with van der Waals surface area (Å²) < 4.78 is 25.1. The Labute approximate surface area is 115 Å². The standard InChI is InChI=1S/C15H22O3S/c1-12(13-8-10-15(2,16)11-9-13)19(17,18)14-6-4-3-5-7-14/h3-7,12-13,16H,8-11H2,1-2H3. The molecule has 0 heterocycles. The van der Waals surface area contributed by atoms with Crippen LogP contribution >= 0.6 is 0 Å². The van der Waals surface area contributed by atoms with Gasteiger partial charge in [-0.3, -0.25) is 0 Å². The van der Waals surface area contributed by atoms with Gasteiger partial charge in [0.15, 0.2) is 9.84 Å². The molecule has 0 radical (unpaired) electrons. The Morgan fingerprint density at radius 2 is 1.74 bits per heavy atom. The van der Waals surface area contributed by atoms with E-state index in [-0.39, 0.29) is 11.2 Å². The molecule has 4 heteroatoms. The van der Waals surface area contributed by atoms with Crippen molar-refractivity contribution in [2.75, 3.05) is 0 Å². The first-order valence-electron chi connectivity index (χ1n) is 6.84. The van der Waals surface area contributed by atoms with Crippen molar-refractivity contribution in [3.8, 4) is 0 Å². The topological polar surface area (TPSA) is 54.4 Å². The van der Waals surface area contributed by atoms with E-state index in [1.54, 1.807) is 31.2 Å². The van der Waals surface area contributed by atoms with E-state index in [4.69, 9.17) is 0 Å². The van der Waals surface area contributed by atoms with Crippen molar-refractivity contribution in [3.05, 3.63) is 30.3 Å². The van der Waals surface area contributed by atoms with Crippen LogP contribution in [0.3, 0.4) is 0 Å². The molecule has 1 saturated carbocycles. The average Bonchev–Trinajstić information content (AvgIpc) is 2.39. The highest BCUT2D eigenvalue weighted by atomic mass is 32.2. The van der Waals surface area contributed by atoms with Gasteiger partial charge in [0.05, 0.1) is 15.7 Å². The highest BCUT2D eigenvalue weighted by Crippen LogP contribution is 2.36. The highest BCUT2D eigenvalue weighted by molar-refractivity contribution is 7.92. The molecular formula is C15H22O3S. The molecule has 1 aliphatic carbocycles. The Kier molecular flexibility index (Phi) is 4.02. The quantitative estimate of drug-likeness (QED) is 0.927. The molecule has 19 heavy (non-hydrogen) atoms. The second-order valence-corrected chi connectivity index (χ2v) is 8.20. The van der Waals surface area contributed by atoms with Gasteiger partial charge in [-0.15, -0.1) is 0 Å². The molecule has 1 unspecified atom stereocenters. The SMILES string of the molecule is CC(C1CCC(C)(O)CC1)S(=O)(=O)c1ccccc1. The van der Waals surface area contributed by atoms with Crippen molar-refractivity contribution in [1.29, 1.82) is 0 Å². The van der Waals surface area contributed by atoms with Gasteiger partial charge in [-0.25, -0.2) is 8.42 Å². The average molecular weight is 282 g/mol. The molecule has 0 aromatic heterocycles. The van der Waals surface area contributed by atoms with Gasteiger partial charge in [0.1, 0.15) is 0 Å². The van der Waals surface area contributed by atoms with Crippen LogP contribution in [-0.4, -0.2) is 24.4 Å². The van der Waals surface area contributed by atoms with E-state index in [9.17, 15) is 13.5 Å². The van der Waals surface area contributed by atoms with Crippen molar-refractivity contribution < 1.29 is 13.5 Å². The normalized spacial score (nSPS) is 29.9. The molecule has 0 aliphatic heterocycles. The van der Waals surface area contributed by atoms with E-state index in [2.05, 4.69) is 0 Å². The summed E-state index contributed by atoms with van der Waals surface area (Å²) in [6.07, 6.45) is 2.93. The van der Waals surface area contributed by atoms with Gasteiger partial charge in [-0.1, -0.05) is 18.2 Å². The van der Waals surface area contributed by atoms with Gasteiger partial charge >= 0.3 is 0 Å². The first kappa shape index (κ1) is 14.5. The number of hydrogen-bond donors (Lipinski definition) is 1. The summed E-state index contributed by atoms with van der Waals surface area (Å²) in [5.74, 6) is 0.144. The van der Waals surface area contributed by atoms with Gasteiger partial charge in [0.2, 0.25) is 0 Å². The summed E-state index contributed by atoms with van der Waals surface area (Å²) in [4.78, 5) is 0.403. The molecule has 1 aromatic carbocycles. The first-order chi connectivity index (χ1) is 8.83. The second-order valence-electron chi connectivity index (χ2n) is 5.90. The lowest BCUT2D eigenvalue weighted by atomic mass is 9.79. The van der Waals surface area contributed by atoms with Crippen LogP contribution < -0.4 is 0 Å². The van der Waals surface area contributed by atoms with E-state index in [1.807, 2.05) is 13.0 Å². The largest absolute Gasteiger partial charge is 0.390 e. The fraction of sp³-hybridized carbons (Fsp3) is 0.600. The number of benzene rings is 1. The molecule has 1 aliphatic rings. The van der Waals surface area contributed by atoms with Crippen LogP contribution in [0, 0.1) is 5.92 Å². The highest BCUT2D eigenvalue weighted by Gasteiger charge is 2.36. The zero-order valence-electron chi connectivity index (χ0n) is 11.5. The number of sulfone groups is 1. The Morgan fingerprint density at radius 1 is 1.21 bits per heavy atom. The van der Waals surface area contributed by atoms with Crippen LogP contribution in [-0.2, 0) is 9.84 Å². The van der Waals surface area contributed by atoms with Crippen molar-refractivity contribution in [2.45, 2.75) is 55.3 Å². The maximum atomic E-state index is 12.5. The Bertz CT molecular complexity index is 510. The van der Waals surface area contributed by atoms with E-state index in [0.29, 0.717) is 17.7 Å². The third-order valence-corrected chi connectivity index (χ3v) is 6.63. The molecule has 0 amide bonds. The summed E-state index contributed by atoms with van der Waals surface area (Å²) in [6, 6.07) is 8.65. The van der Waals surface area contributed by atoms with Crippen molar-refractivity contribution in [2.24, 2.45) is 5.92 Å². The van der Waals surface area contributed by atoms with Crippen LogP contribution in [0.5, 0.6) is 0 Å². The Hall–Kier alpha value is -0.870. The van der Waals surface area contributed by atoms with Crippen molar-refractivity contribution >= 4 is 9.84 Å². The molecule has 3 nitrogen and oxygen atoms in total. The molecule has 1 fully saturated rings. The fourth-order valence-corrected chi connectivity index (χ4v) is 4.55. The van der Waals surface area contributed by atoms with Crippen molar-refractivity contribution in [3.63, 3.8) is 0 Å². The number of aliphatic hydroxyl groups is 1. The summed E-state index contributed by atoms with van der Waals surface area (Å²) in [7, 11) is -3.26. The summed E-state index contributed by atoms with van der Waals surface area (Å²) >= 11 is 0. The van der Waals surface area contributed by atoms with E-state index >= 15 is 0 Å². The van der Waals surface area contributed by atoms with Gasteiger partial charge in [0, 0.05) is 0 Å². The third-order valence-electron chi connectivity index (χ3n) is 4.33. The van der Waals surface area contributed by atoms with Crippen LogP contribution in [0.1, 0.15) is 39.5 Å². The van der Waals surface area contributed by atoms with Crippen LogP contribution in [0.15, 0.2) is 35.2 Å². The summed E-state index contributed by atoms with van der Waals surface area (Å²) in [6.45, 7) is 3.63. The molecule has 1 aromatic rings. The Balaban J connectivity index is 2.14. The van der Waals surface area contributed by atoms with Crippen LogP contribution in [0.25, 0.3) is 0 Å². The lowest BCUT2D eigenvalue weighted by Gasteiger charge is -2.35. The van der Waals surface area contributed by atoms with Gasteiger partial charge in [-0.2, -0.15) is 0 Å². The molecule has 106 valence electrons. The third kappa shape index (κ3) is 3.18. The van der Waals surface area contributed by atoms with Gasteiger partial charge in [-0.05, 0) is 57.6 Å².